The van der Waals surface area contributed by atoms with E-state index >= 15 is 0 Å². The fraction of sp³-hybridized carbons (Fsp3) is 0.400. The quantitative estimate of drug-likeness (QED) is 0.871. The SMILES string of the molecule is CC(N)c1cc(Cl)ccc1OCC(F)F. The Balaban J connectivity index is 2.86. The Bertz CT molecular complexity index is 331. The van der Waals surface area contributed by atoms with Crippen molar-refractivity contribution in [2.75, 3.05) is 6.61 Å². The normalized spacial score (nSPS) is 12.9. The summed E-state index contributed by atoms with van der Waals surface area (Å²) >= 11 is 5.76. The van der Waals surface area contributed by atoms with Crippen molar-refractivity contribution in [2.45, 2.75) is 19.4 Å². The number of hydrogen-bond acceptors (Lipinski definition) is 2. The van der Waals surface area contributed by atoms with Gasteiger partial charge in [0.2, 0.25) is 0 Å². The average molecular weight is 236 g/mol. The van der Waals surface area contributed by atoms with Gasteiger partial charge in [-0.2, -0.15) is 0 Å². The zero-order valence-corrected chi connectivity index (χ0v) is 8.97. The maximum Gasteiger partial charge on any atom is 0.272 e. The van der Waals surface area contributed by atoms with Gasteiger partial charge in [-0.05, 0) is 25.1 Å². The van der Waals surface area contributed by atoms with E-state index in [4.69, 9.17) is 22.1 Å². The van der Waals surface area contributed by atoms with E-state index < -0.39 is 13.0 Å². The maximum atomic E-state index is 12.0. The highest BCUT2D eigenvalue weighted by atomic mass is 35.5. The molecule has 84 valence electrons. The lowest BCUT2D eigenvalue weighted by molar-refractivity contribution is 0.0813. The van der Waals surface area contributed by atoms with E-state index in [-0.39, 0.29) is 6.04 Å². The number of nitrogens with two attached hydrogens (primary N) is 1. The Morgan fingerprint density at radius 1 is 1.47 bits per heavy atom. The lowest BCUT2D eigenvalue weighted by Crippen LogP contribution is -2.12. The van der Waals surface area contributed by atoms with Crippen LogP contribution in [0.1, 0.15) is 18.5 Å². The van der Waals surface area contributed by atoms with Gasteiger partial charge >= 0.3 is 0 Å². The minimum absolute atomic E-state index is 0.309. The summed E-state index contributed by atoms with van der Waals surface area (Å²) in [5, 5.41) is 0.506. The average Bonchev–Trinajstić information content (AvgIpc) is 2.15. The zero-order valence-electron chi connectivity index (χ0n) is 8.21. The molecule has 15 heavy (non-hydrogen) atoms. The van der Waals surface area contributed by atoms with Crippen LogP contribution in [0.5, 0.6) is 5.75 Å². The van der Waals surface area contributed by atoms with Crippen molar-refractivity contribution in [3.8, 4) is 5.75 Å². The molecule has 0 aliphatic carbocycles. The molecular formula is C10H12ClF2NO. The van der Waals surface area contributed by atoms with Crippen LogP contribution in [0.3, 0.4) is 0 Å². The molecule has 2 nitrogen and oxygen atoms in total. The highest BCUT2D eigenvalue weighted by Crippen LogP contribution is 2.27. The van der Waals surface area contributed by atoms with Crippen LogP contribution in [0.25, 0.3) is 0 Å². The predicted molar refractivity (Wildman–Crippen MR) is 55.6 cm³/mol. The molecule has 1 atom stereocenters. The van der Waals surface area contributed by atoms with Crippen LogP contribution in [0.15, 0.2) is 18.2 Å². The zero-order chi connectivity index (χ0) is 11.4. The van der Waals surface area contributed by atoms with Gasteiger partial charge in [0.25, 0.3) is 6.43 Å². The molecule has 2 N–H and O–H groups in total. The van der Waals surface area contributed by atoms with Crippen molar-refractivity contribution in [3.05, 3.63) is 28.8 Å². The van der Waals surface area contributed by atoms with E-state index in [1.807, 2.05) is 0 Å². The van der Waals surface area contributed by atoms with E-state index in [1.54, 1.807) is 25.1 Å². The lowest BCUT2D eigenvalue weighted by Gasteiger charge is -2.13. The molecule has 0 aliphatic heterocycles. The van der Waals surface area contributed by atoms with Crippen LogP contribution in [0, 0.1) is 0 Å². The molecule has 0 saturated heterocycles. The highest BCUT2D eigenvalue weighted by molar-refractivity contribution is 6.30. The third-order valence-corrected chi connectivity index (χ3v) is 2.06. The number of rotatable bonds is 4. The summed E-state index contributed by atoms with van der Waals surface area (Å²) in [5.74, 6) is 0.356. The van der Waals surface area contributed by atoms with Gasteiger partial charge in [0.1, 0.15) is 12.4 Å². The summed E-state index contributed by atoms with van der Waals surface area (Å²) in [6.45, 7) is 1.10. The number of benzene rings is 1. The molecule has 1 aromatic rings. The monoisotopic (exact) mass is 235 g/mol. The van der Waals surface area contributed by atoms with Crippen molar-refractivity contribution >= 4 is 11.6 Å². The number of ether oxygens (including phenoxy) is 1. The summed E-state index contributed by atoms with van der Waals surface area (Å²) in [6.07, 6.45) is -2.50. The van der Waals surface area contributed by atoms with Crippen molar-refractivity contribution in [3.63, 3.8) is 0 Å². The minimum atomic E-state index is -2.50. The van der Waals surface area contributed by atoms with E-state index in [2.05, 4.69) is 0 Å². The predicted octanol–water partition coefficient (Wildman–Crippen LogP) is 3.00. The highest BCUT2D eigenvalue weighted by Gasteiger charge is 2.11. The van der Waals surface area contributed by atoms with Gasteiger partial charge in [-0.3, -0.25) is 0 Å². The van der Waals surface area contributed by atoms with Gasteiger partial charge in [-0.15, -0.1) is 0 Å². The van der Waals surface area contributed by atoms with Gasteiger partial charge in [0.05, 0.1) is 0 Å². The summed E-state index contributed by atoms with van der Waals surface area (Å²) in [5.41, 5.74) is 6.29. The molecule has 0 spiro atoms. The Morgan fingerprint density at radius 3 is 2.67 bits per heavy atom. The van der Waals surface area contributed by atoms with Crippen LogP contribution >= 0.6 is 11.6 Å². The van der Waals surface area contributed by atoms with Crippen LogP contribution in [0.4, 0.5) is 8.78 Å². The second-order valence-corrected chi connectivity index (χ2v) is 3.61. The van der Waals surface area contributed by atoms with Crippen LogP contribution in [-0.4, -0.2) is 13.0 Å². The summed E-state index contributed by atoms with van der Waals surface area (Å²) in [7, 11) is 0. The van der Waals surface area contributed by atoms with Gasteiger partial charge in [0.15, 0.2) is 0 Å². The molecule has 1 aromatic carbocycles. The first kappa shape index (κ1) is 12.2. The third-order valence-electron chi connectivity index (χ3n) is 1.83. The van der Waals surface area contributed by atoms with Crippen LogP contribution < -0.4 is 10.5 Å². The third kappa shape index (κ3) is 3.64. The fourth-order valence-electron chi connectivity index (χ4n) is 1.16. The summed E-state index contributed by atoms with van der Waals surface area (Å²) in [4.78, 5) is 0. The summed E-state index contributed by atoms with van der Waals surface area (Å²) in [6, 6.07) is 4.43. The van der Waals surface area contributed by atoms with Gasteiger partial charge in [0, 0.05) is 16.6 Å². The van der Waals surface area contributed by atoms with Crippen molar-refractivity contribution in [1.82, 2.24) is 0 Å². The Kier molecular flexibility index (Phi) is 4.29. The van der Waals surface area contributed by atoms with Gasteiger partial charge in [-0.1, -0.05) is 11.6 Å². The second-order valence-electron chi connectivity index (χ2n) is 3.17. The van der Waals surface area contributed by atoms with Gasteiger partial charge < -0.3 is 10.5 Å². The van der Waals surface area contributed by atoms with Crippen molar-refractivity contribution in [2.24, 2.45) is 5.73 Å². The van der Waals surface area contributed by atoms with Gasteiger partial charge in [-0.25, -0.2) is 8.78 Å². The molecule has 0 bridgehead atoms. The molecule has 0 aliphatic rings. The van der Waals surface area contributed by atoms with E-state index in [9.17, 15) is 8.78 Å². The Hall–Kier alpha value is -0.870. The smallest absolute Gasteiger partial charge is 0.272 e. The lowest BCUT2D eigenvalue weighted by atomic mass is 10.1. The van der Waals surface area contributed by atoms with Crippen molar-refractivity contribution in [1.29, 1.82) is 0 Å². The molecular weight excluding hydrogens is 224 g/mol. The first-order valence-electron chi connectivity index (χ1n) is 4.46. The molecule has 0 radical (unpaired) electrons. The topological polar surface area (TPSA) is 35.2 Å². The molecule has 0 fully saturated rings. The molecule has 1 rings (SSSR count). The fourth-order valence-corrected chi connectivity index (χ4v) is 1.34. The van der Waals surface area contributed by atoms with Crippen LogP contribution in [0.2, 0.25) is 5.02 Å². The molecule has 5 heteroatoms. The molecule has 1 unspecified atom stereocenters. The summed E-state index contributed by atoms with van der Waals surface area (Å²) < 4.78 is 28.8. The van der Waals surface area contributed by atoms with E-state index in [0.717, 1.165) is 0 Å². The van der Waals surface area contributed by atoms with Crippen LogP contribution in [-0.2, 0) is 0 Å². The molecule has 0 saturated carbocycles. The molecule has 0 amide bonds. The maximum absolute atomic E-state index is 12.0. The minimum Gasteiger partial charge on any atom is -0.487 e. The molecule has 0 heterocycles. The molecule has 0 aromatic heterocycles. The van der Waals surface area contributed by atoms with Crippen molar-refractivity contribution < 1.29 is 13.5 Å². The first-order valence-corrected chi connectivity index (χ1v) is 4.84. The number of alkyl halides is 2. The largest absolute Gasteiger partial charge is 0.487 e. The first-order chi connectivity index (χ1) is 7.00. The number of hydrogen-bond donors (Lipinski definition) is 1. The van der Waals surface area contributed by atoms with E-state index in [0.29, 0.717) is 16.3 Å². The van der Waals surface area contributed by atoms with E-state index in [1.165, 1.54) is 0 Å². The second kappa shape index (κ2) is 5.28. The standard InChI is InChI=1S/C10H12ClF2NO/c1-6(14)8-4-7(11)2-3-9(8)15-5-10(12)13/h2-4,6,10H,5,14H2,1H3. The number of halogens is 3. The Labute approximate surface area is 92.0 Å². The Morgan fingerprint density at radius 2 is 2.13 bits per heavy atom.